The first-order chi connectivity index (χ1) is 6.25. The molecule has 4 heteroatoms. The van der Waals surface area contributed by atoms with E-state index in [4.69, 9.17) is 4.74 Å². The topological polar surface area (TPSA) is 41.2 Å². The van der Waals surface area contributed by atoms with Crippen LogP contribution in [-0.4, -0.2) is 35.3 Å². The normalized spacial score (nSPS) is 29.2. The van der Waals surface area contributed by atoms with E-state index in [0.29, 0.717) is 0 Å². The molecule has 72 valence electrons. The molecule has 2 atom stereocenters. The number of imidazole rings is 1. The van der Waals surface area contributed by atoms with Crippen LogP contribution >= 0.6 is 0 Å². The van der Waals surface area contributed by atoms with E-state index in [0.717, 1.165) is 19.0 Å². The Hall–Kier alpha value is -1.03. The number of hydrogen-bond donors (Lipinski definition) is 1. The summed E-state index contributed by atoms with van der Waals surface area (Å²) in [6, 6.07) is 0. The molecule has 0 saturated carbocycles. The molecule has 4 nitrogen and oxygen atoms in total. The molecule has 2 heterocycles. The predicted octanol–water partition coefficient (Wildman–Crippen LogP) is 1.02. The number of aromatic amines is 1. The summed E-state index contributed by atoms with van der Waals surface area (Å²) in [6.07, 6.45) is 4.20. The maximum atomic E-state index is 5.63. The molecule has 1 fully saturated rings. The van der Waals surface area contributed by atoms with E-state index in [9.17, 15) is 0 Å². The van der Waals surface area contributed by atoms with Crippen LogP contribution in [0.15, 0.2) is 12.4 Å². The molecule has 0 aromatic carbocycles. The van der Waals surface area contributed by atoms with Gasteiger partial charge >= 0.3 is 0 Å². The molecule has 2 rings (SSSR count). The second-order valence-electron chi connectivity index (χ2n) is 3.58. The number of nitrogens with one attached hydrogen (secondary N) is 1. The molecule has 0 aliphatic carbocycles. The van der Waals surface area contributed by atoms with Crippen molar-refractivity contribution in [2.75, 3.05) is 18.0 Å². The Morgan fingerprint density at radius 1 is 1.46 bits per heavy atom. The minimum Gasteiger partial charge on any atom is -0.372 e. The van der Waals surface area contributed by atoms with Crippen LogP contribution in [0, 0.1) is 0 Å². The molecular weight excluding hydrogens is 166 g/mol. The third kappa shape index (κ3) is 1.83. The zero-order valence-corrected chi connectivity index (χ0v) is 8.03. The Balaban J connectivity index is 2.07. The van der Waals surface area contributed by atoms with Crippen LogP contribution in [0.1, 0.15) is 13.8 Å². The smallest absolute Gasteiger partial charge is 0.202 e. The number of rotatable bonds is 1. The van der Waals surface area contributed by atoms with Crippen molar-refractivity contribution < 1.29 is 4.74 Å². The summed E-state index contributed by atoms with van der Waals surface area (Å²) in [5.74, 6) is 0.946. The molecule has 0 spiro atoms. The van der Waals surface area contributed by atoms with Crippen LogP contribution in [0.5, 0.6) is 0 Å². The number of H-pyrrole nitrogens is 1. The van der Waals surface area contributed by atoms with Gasteiger partial charge in [0.05, 0.1) is 12.2 Å². The zero-order chi connectivity index (χ0) is 9.26. The largest absolute Gasteiger partial charge is 0.372 e. The Morgan fingerprint density at radius 3 is 2.69 bits per heavy atom. The Kier molecular flexibility index (Phi) is 2.22. The minimum absolute atomic E-state index is 0.286. The van der Waals surface area contributed by atoms with Crippen LogP contribution in [0.4, 0.5) is 5.95 Å². The van der Waals surface area contributed by atoms with E-state index in [1.165, 1.54) is 0 Å². The van der Waals surface area contributed by atoms with Gasteiger partial charge in [-0.1, -0.05) is 0 Å². The van der Waals surface area contributed by atoms with Crippen molar-refractivity contribution in [3.63, 3.8) is 0 Å². The van der Waals surface area contributed by atoms with E-state index in [-0.39, 0.29) is 12.2 Å². The standard InChI is InChI=1S/C9H15N3O/c1-7-5-12(6-8(2)13-7)9-10-3-4-11-9/h3-4,7-8H,5-6H2,1-2H3,(H,10,11). The van der Waals surface area contributed by atoms with E-state index in [1.54, 1.807) is 6.20 Å². The molecule has 1 aliphatic heterocycles. The average molecular weight is 181 g/mol. The van der Waals surface area contributed by atoms with Crippen molar-refractivity contribution in [2.45, 2.75) is 26.1 Å². The first kappa shape index (κ1) is 8.56. The summed E-state index contributed by atoms with van der Waals surface area (Å²) >= 11 is 0. The first-order valence-corrected chi connectivity index (χ1v) is 4.65. The average Bonchev–Trinajstić information content (AvgIpc) is 2.53. The van der Waals surface area contributed by atoms with Gasteiger partial charge in [-0.3, -0.25) is 0 Å². The second-order valence-corrected chi connectivity index (χ2v) is 3.58. The van der Waals surface area contributed by atoms with Gasteiger partial charge < -0.3 is 14.6 Å². The SMILES string of the molecule is CC1CN(c2ncc[nH]2)CC(C)O1. The lowest BCUT2D eigenvalue weighted by Gasteiger charge is -2.35. The summed E-state index contributed by atoms with van der Waals surface area (Å²) in [7, 11) is 0. The molecule has 2 unspecified atom stereocenters. The van der Waals surface area contributed by atoms with E-state index in [2.05, 4.69) is 28.7 Å². The summed E-state index contributed by atoms with van der Waals surface area (Å²) in [5, 5.41) is 0. The molecule has 0 radical (unpaired) electrons. The number of morpholine rings is 1. The lowest BCUT2D eigenvalue weighted by atomic mass is 10.2. The summed E-state index contributed by atoms with van der Waals surface area (Å²) in [5.41, 5.74) is 0. The number of anilines is 1. The van der Waals surface area contributed by atoms with Crippen molar-refractivity contribution >= 4 is 5.95 Å². The van der Waals surface area contributed by atoms with Gasteiger partial charge in [-0.15, -0.1) is 0 Å². The lowest BCUT2D eigenvalue weighted by molar-refractivity contribution is -0.00567. The van der Waals surface area contributed by atoms with Gasteiger partial charge in [0.2, 0.25) is 5.95 Å². The van der Waals surface area contributed by atoms with Crippen LogP contribution in [-0.2, 0) is 4.74 Å². The van der Waals surface area contributed by atoms with Crippen molar-refractivity contribution in [1.29, 1.82) is 0 Å². The number of aromatic nitrogens is 2. The van der Waals surface area contributed by atoms with Crippen LogP contribution in [0.25, 0.3) is 0 Å². The third-order valence-electron chi connectivity index (χ3n) is 2.20. The molecular formula is C9H15N3O. The fourth-order valence-electron chi connectivity index (χ4n) is 1.78. The zero-order valence-electron chi connectivity index (χ0n) is 8.03. The fourth-order valence-corrected chi connectivity index (χ4v) is 1.78. The maximum Gasteiger partial charge on any atom is 0.202 e. The van der Waals surface area contributed by atoms with Crippen molar-refractivity contribution in [2.24, 2.45) is 0 Å². The Labute approximate surface area is 77.9 Å². The van der Waals surface area contributed by atoms with Crippen molar-refractivity contribution in [3.8, 4) is 0 Å². The third-order valence-corrected chi connectivity index (χ3v) is 2.20. The first-order valence-electron chi connectivity index (χ1n) is 4.65. The molecule has 1 aliphatic rings. The van der Waals surface area contributed by atoms with Gasteiger partial charge in [-0.25, -0.2) is 4.98 Å². The highest BCUT2D eigenvalue weighted by Gasteiger charge is 2.23. The summed E-state index contributed by atoms with van der Waals surface area (Å²) in [6.45, 7) is 6.01. The molecule has 1 N–H and O–H groups in total. The van der Waals surface area contributed by atoms with Gasteiger partial charge in [-0.05, 0) is 13.8 Å². The number of hydrogen-bond acceptors (Lipinski definition) is 3. The van der Waals surface area contributed by atoms with Gasteiger partial charge in [0.25, 0.3) is 0 Å². The van der Waals surface area contributed by atoms with Gasteiger partial charge in [-0.2, -0.15) is 0 Å². The van der Waals surface area contributed by atoms with E-state index >= 15 is 0 Å². The van der Waals surface area contributed by atoms with E-state index < -0.39 is 0 Å². The van der Waals surface area contributed by atoms with Gasteiger partial charge in [0, 0.05) is 25.5 Å². The van der Waals surface area contributed by atoms with Crippen molar-refractivity contribution in [3.05, 3.63) is 12.4 Å². The van der Waals surface area contributed by atoms with Crippen LogP contribution in [0.3, 0.4) is 0 Å². The quantitative estimate of drug-likeness (QED) is 0.703. The molecule has 13 heavy (non-hydrogen) atoms. The van der Waals surface area contributed by atoms with Gasteiger partial charge in [0.1, 0.15) is 0 Å². The minimum atomic E-state index is 0.286. The van der Waals surface area contributed by atoms with Crippen LogP contribution < -0.4 is 4.90 Å². The molecule has 1 aromatic rings. The lowest BCUT2D eigenvalue weighted by Crippen LogP contribution is -2.45. The Morgan fingerprint density at radius 2 is 2.15 bits per heavy atom. The molecule has 0 amide bonds. The van der Waals surface area contributed by atoms with Gasteiger partial charge in [0.15, 0.2) is 0 Å². The summed E-state index contributed by atoms with van der Waals surface area (Å²) < 4.78 is 5.63. The van der Waals surface area contributed by atoms with Crippen molar-refractivity contribution in [1.82, 2.24) is 9.97 Å². The monoisotopic (exact) mass is 181 g/mol. The summed E-state index contributed by atoms with van der Waals surface area (Å²) in [4.78, 5) is 9.55. The predicted molar refractivity (Wildman–Crippen MR) is 50.8 cm³/mol. The maximum absolute atomic E-state index is 5.63. The molecule has 1 saturated heterocycles. The molecule has 1 aromatic heterocycles. The van der Waals surface area contributed by atoms with Crippen LogP contribution in [0.2, 0.25) is 0 Å². The highest BCUT2D eigenvalue weighted by Crippen LogP contribution is 2.15. The fraction of sp³-hybridized carbons (Fsp3) is 0.667. The van der Waals surface area contributed by atoms with E-state index in [1.807, 2.05) is 6.20 Å². The second kappa shape index (κ2) is 3.38. The highest BCUT2D eigenvalue weighted by molar-refractivity contribution is 5.30. The highest BCUT2D eigenvalue weighted by atomic mass is 16.5. The number of ether oxygens (including phenoxy) is 1. The Bertz CT molecular complexity index is 250. The molecule has 0 bridgehead atoms. The number of nitrogens with zero attached hydrogens (tertiary/aromatic N) is 2.